The molecule has 0 aliphatic carbocycles. The molecule has 1 aromatic heterocycles. The van der Waals surface area contributed by atoms with Crippen LogP contribution >= 0.6 is 0 Å². The lowest BCUT2D eigenvalue weighted by molar-refractivity contribution is -0.172. The molecular weight excluding hydrogens is 382 g/mol. The van der Waals surface area contributed by atoms with E-state index in [2.05, 4.69) is 26.8 Å². The van der Waals surface area contributed by atoms with Crippen LogP contribution in [0.25, 0.3) is 0 Å². The van der Waals surface area contributed by atoms with Crippen LogP contribution in [0, 0.1) is 0 Å². The molecule has 0 saturated carbocycles. The molecule has 1 amide bonds. The van der Waals surface area contributed by atoms with Gasteiger partial charge < -0.3 is 24.2 Å². The van der Waals surface area contributed by atoms with E-state index in [1.54, 1.807) is 12.0 Å². The first kappa shape index (κ1) is 20.6. The molecule has 160 valence electrons. The summed E-state index contributed by atoms with van der Waals surface area (Å²) < 4.78 is 11.7. The minimum absolute atomic E-state index is 0.0203. The summed E-state index contributed by atoms with van der Waals surface area (Å²) in [6.07, 6.45) is 1.88. The van der Waals surface area contributed by atoms with Crippen LogP contribution in [0.5, 0.6) is 5.88 Å². The Kier molecular flexibility index (Phi) is 5.87. The zero-order valence-electron chi connectivity index (χ0n) is 17.8. The molecule has 8 nitrogen and oxygen atoms in total. The van der Waals surface area contributed by atoms with Crippen molar-refractivity contribution in [3.05, 3.63) is 48.3 Å². The summed E-state index contributed by atoms with van der Waals surface area (Å²) in [7, 11) is 5.49. The van der Waals surface area contributed by atoms with Crippen molar-refractivity contribution >= 4 is 11.7 Å². The number of likely N-dealkylation sites (N-methyl/N-ethyl adjacent to an activating group) is 2. The number of morpholine rings is 1. The molecule has 2 aliphatic heterocycles. The van der Waals surface area contributed by atoms with Gasteiger partial charge in [-0.2, -0.15) is 0 Å². The maximum Gasteiger partial charge on any atom is 0.253 e. The van der Waals surface area contributed by atoms with Gasteiger partial charge in [0.05, 0.1) is 7.11 Å². The second kappa shape index (κ2) is 8.57. The minimum atomic E-state index is -0.475. The number of hydrogen-bond acceptors (Lipinski definition) is 7. The fourth-order valence-electron chi connectivity index (χ4n) is 4.41. The van der Waals surface area contributed by atoms with Gasteiger partial charge in [-0.3, -0.25) is 4.79 Å². The van der Waals surface area contributed by atoms with Gasteiger partial charge in [0.15, 0.2) is 0 Å². The third-order valence-electron chi connectivity index (χ3n) is 5.82. The van der Waals surface area contributed by atoms with Gasteiger partial charge in [-0.1, -0.05) is 30.3 Å². The van der Waals surface area contributed by atoms with Gasteiger partial charge in [0.25, 0.3) is 5.91 Å². The molecular formula is C22H29N5O3. The number of anilines is 1. The summed E-state index contributed by atoms with van der Waals surface area (Å²) in [5.41, 5.74) is 0.719. The van der Waals surface area contributed by atoms with Crippen LogP contribution in [-0.4, -0.2) is 84.8 Å². The van der Waals surface area contributed by atoms with E-state index in [1.807, 2.05) is 43.4 Å². The maximum atomic E-state index is 13.1. The lowest BCUT2D eigenvalue weighted by Gasteiger charge is -2.43. The molecule has 2 aliphatic rings. The van der Waals surface area contributed by atoms with Crippen molar-refractivity contribution in [1.82, 2.24) is 19.8 Å². The van der Waals surface area contributed by atoms with Crippen LogP contribution < -0.4 is 9.64 Å². The molecule has 0 radical (unpaired) electrons. The molecule has 0 N–H and O–H groups in total. The lowest BCUT2D eigenvalue weighted by atomic mass is 9.99. The highest BCUT2D eigenvalue weighted by atomic mass is 16.5. The van der Waals surface area contributed by atoms with Crippen molar-refractivity contribution in [3.8, 4) is 5.88 Å². The number of aromatic nitrogens is 2. The Morgan fingerprint density at radius 2 is 2.10 bits per heavy atom. The van der Waals surface area contributed by atoms with Crippen LogP contribution in [0.1, 0.15) is 12.0 Å². The van der Waals surface area contributed by atoms with Crippen molar-refractivity contribution in [2.24, 2.45) is 0 Å². The summed E-state index contributed by atoms with van der Waals surface area (Å²) in [6, 6.07) is 11.9. The SMILES string of the molecule is COc1cc(N2CCC3(CN(C)CC(C(=O)N(C)Cc4ccccc4)O3)C2)ncn1. The zero-order chi connectivity index (χ0) is 21.1. The highest BCUT2D eigenvalue weighted by Gasteiger charge is 2.47. The number of amides is 1. The number of methoxy groups -OCH3 is 1. The van der Waals surface area contributed by atoms with E-state index in [-0.39, 0.29) is 11.5 Å². The van der Waals surface area contributed by atoms with Gasteiger partial charge >= 0.3 is 0 Å². The Morgan fingerprint density at radius 1 is 1.30 bits per heavy atom. The van der Waals surface area contributed by atoms with E-state index in [1.165, 1.54) is 6.33 Å². The fourth-order valence-corrected chi connectivity index (χ4v) is 4.41. The van der Waals surface area contributed by atoms with E-state index in [9.17, 15) is 4.79 Å². The molecule has 8 heteroatoms. The molecule has 2 atom stereocenters. The van der Waals surface area contributed by atoms with Gasteiger partial charge in [0, 0.05) is 45.8 Å². The van der Waals surface area contributed by atoms with Gasteiger partial charge in [0.2, 0.25) is 5.88 Å². The molecule has 1 spiro atoms. The first-order valence-electron chi connectivity index (χ1n) is 10.2. The molecule has 2 aromatic rings. The maximum absolute atomic E-state index is 13.1. The van der Waals surface area contributed by atoms with E-state index in [0.717, 1.165) is 30.9 Å². The number of carbonyl (C=O) groups excluding carboxylic acids is 1. The van der Waals surface area contributed by atoms with E-state index >= 15 is 0 Å². The smallest absolute Gasteiger partial charge is 0.253 e. The van der Waals surface area contributed by atoms with Crippen LogP contribution in [-0.2, 0) is 16.1 Å². The first-order chi connectivity index (χ1) is 14.5. The Morgan fingerprint density at radius 3 is 2.87 bits per heavy atom. The lowest BCUT2D eigenvalue weighted by Crippen LogP contribution is -2.59. The third kappa shape index (κ3) is 4.39. The highest BCUT2D eigenvalue weighted by molar-refractivity contribution is 5.81. The Labute approximate surface area is 177 Å². The monoisotopic (exact) mass is 411 g/mol. The molecule has 2 saturated heterocycles. The van der Waals surface area contributed by atoms with Crippen LogP contribution in [0.2, 0.25) is 0 Å². The standard InChI is InChI=1S/C22H29N5O3/c1-25-13-18(21(28)26(2)12-17-7-5-4-6-8-17)30-22(14-25)9-10-27(15-22)19-11-20(29-3)24-16-23-19/h4-8,11,16,18H,9-10,12-15H2,1-3H3. The second-order valence-corrected chi connectivity index (χ2v) is 8.26. The zero-order valence-corrected chi connectivity index (χ0v) is 17.8. The van der Waals surface area contributed by atoms with Crippen molar-refractivity contribution < 1.29 is 14.3 Å². The molecule has 2 unspecified atom stereocenters. The molecule has 1 aromatic carbocycles. The summed E-state index contributed by atoms with van der Waals surface area (Å²) in [6.45, 7) is 3.46. The number of nitrogens with zero attached hydrogens (tertiary/aromatic N) is 5. The number of benzene rings is 1. The van der Waals surface area contributed by atoms with Crippen molar-refractivity contribution in [2.75, 3.05) is 52.3 Å². The summed E-state index contributed by atoms with van der Waals surface area (Å²) >= 11 is 0. The third-order valence-corrected chi connectivity index (χ3v) is 5.82. The summed E-state index contributed by atoms with van der Waals surface area (Å²) in [4.78, 5) is 27.8. The second-order valence-electron chi connectivity index (χ2n) is 8.26. The summed E-state index contributed by atoms with van der Waals surface area (Å²) in [5.74, 6) is 1.38. The quantitative estimate of drug-likeness (QED) is 0.737. The molecule has 0 bridgehead atoms. The minimum Gasteiger partial charge on any atom is -0.481 e. The van der Waals surface area contributed by atoms with Crippen LogP contribution in [0.3, 0.4) is 0 Å². The fraction of sp³-hybridized carbons (Fsp3) is 0.500. The number of hydrogen-bond donors (Lipinski definition) is 0. The van der Waals surface area contributed by atoms with E-state index in [4.69, 9.17) is 9.47 Å². The topological polar surface area (TPSA) is 71.0 Å². The van der Waals surface area contributed by atoms with Gasteiger partial charge in [-0.15, -0.1) is 0 Å². The van der Waals surface area contributed by atoms with Crippen molar-refractivity contribution in [3.63, 3.8) is 0 Å². The Balaban J connectivity index is 1.44. The Bertz CT molecular complexity index is 880. The molecule has 3 heterocycles. The summed E-state index contributed by atoms with van der Waals surface area (Å²) in [5, 5.41) is 0. The molecule has 4 rings (SSSR count). The van der Waals surface area contributed by atoms with Gasteiger partial charge in [-0.25, -0.2) is 9.97 Å². The van der Waals surface area contributed by atoms with Crippen molar-refractivity contribution in [2.45, 2.75) is 24.7 Å². The van der Waals surface area contributed by atoms with Crippen molar-refractivity contribution in [1.29, 1.82) is 0 Å². The van der Waals surface area contributed by atoms with Crippen LogP contribution in [0.15, 0.2) is 42.7 Å². The van der Waals surface area contributed by atoms with Crippen LogP contribution in [0.4, 0.5) is 5.82 Å². The average molecular weight is 412 g/mol. The largest absolute Gasteiger partial charge is 0.481 e. The van der Waals surface area contributed by atoms with E-state index < -0.39 is 6.10 Å². The predicted octanol–water partition coefficient (Wildman–Crippen LogP) is 1.42. The molecule has 30 heavy (non-hydrogen) atoms. The normalized spacial score (nSPS) is 24.2. The van der Waals surface area contributed by atoms with Gasteiger partial charge in [0.1, 0.15) is 23.9 Å². The number of rotatable bonds is 5. The van der Waals surface area contributed by atoms with Gasteiger partial charge in [-0.05, 0) is 19.0 Å². The predicted molar refractivity (Wildman–Crippen MR) is 113 cm³/mol. The average Bonchev–Trinajstić information content (AvgIpc) is 3.16. The number of carbonyl (C=O) groups is 1. The first-order valence-corrected chi connectivity index (χ1v) is 10.2. The number of ether oxygens (including phenoxy) is 2. The van der Waals surface area contributed by atoms with E-state index in [0.29, 0.717) is 25.5 Å². The molecule has 2 fully saturated rings. The highest BCUT2D eigenvalue weighted by Crippen LogP contribution is 2.34. The Hall–Kier alpha value is -2.71.